The Bertz CT molecular complexity index is 619. The largest absolute Gasteiger partial charge is 0.481 e. The van der Waals surface area contributed by atoms with Gasteiger partial charge in [-0.2, -0.15) is 0 Å². The molecule has 2 nitrogen and oxygen atoms in total. The lowest BCUT2D eigenvalue weighted by atomic mass is 9.97. The molecular weight excluding hydrogens is 308 g/mol. The number of aliphatic carboxylic acids is 1. The summed E-state index contributed by atoms with van der Waals surface area (Å²) in [6.07, 6.45) is 10.8. The molecule has 0 amide bonds. The summed E-state index contributed by atoms with van der Waals surface area (Å²) in [6, 6.07) is 19.0. The first-order chi connectivity index (χ1) is 12.3. The molecule has 25 heavy (non-hydrogen) atoms. The minimum atomic E-state index is -0.717. The van der Waals surface area contributed by atoms with Gasteiger partial charge in [0.15, 0.2) is 0 Å². The highest BCUT2D eigenvalue weighted by Gasteiger charge is 2.04. The number of unbranched alkanes of at least 4 members (excludes halogenated alkanes) is 5. The molecule has 0 bridgehead atoms. The first-order valence-electron chi connectivity index (χ1n) is 9.58. The number of carbonyl (C=O) groups is 1. The van der Waals surface area contributed by atoms with Gasteiger partial charge in [-0.05, 0) is 48.8 Å². The van der Waals surface area contributed by atoms with Gasteiger partial charge in [0.1, 0.15) is 0 Å². The third-order valence-corrected chi connectivity index (χ3v) is 4.73. The number of carboxylic acid groups (broad SMARTS) is 1. The van der Waals surface area contributed by atoms with E-state index >= 15 is 0 Å². The van der Waals surface area contributed by atoms with Crippen molar-refractivity contribution in [1.82, 2.24) is 0 Å². The first-order valence-corrected chi connectivity index (χ1v) is 9.58. The number of aryl methyl sites for hydroxylation is 3. The van der Waals surface area contributed by atoms with Crippen molar-refractivity contribution in [2.75, 3.05) is 0 Å². The van der Waals surface area contributed by atoms with Gasteiger partial charge in [-0.1, -0.05) is 80.3 Å². The Balaban J connectivity index is 1.56. The molecule has 0 unspecified atom stereocenters. The Morgan fingerprint density at radius 1 is 0.640 bits per heavy atom. The van der Waals surface area contributed by atoms with Crippen LogP contribution in [0.2, 0.25) is 0 Å². The number of benzene rings is 2. The summed E-state index contributed by atoms with van der Waals surface area (Å²) in [5.41, 5.74) is 3.97. The average molecular weight is 338 g/mol. The van der Waals surface area contributed by atoms with Gasteiger partial charge in [-0.15, -0.1) is 0 Å². The summed E-state index contributed by atoms with van der Waals surface area (Å²) in [7, 11) is 0. The van der Waals surface area contributed by atoms with Crippen LogP contribution in [0.15, 0.2) is 54.6 Å². The van der Waals surface area contributed by atoms with Gasteiger partial charge in [-0.3, -0.25) is 4.79 Å². The fraction of sp³-hybridized carbons (Fsp3) is 0.435. The summed E-state index contributed by atoms with van der Waals surface area (Å²) in [5, 5.41) is 8.86. The number of hydrogen-bond donors (Lipinski definition) is 1. The molecule has 0 aliphatic carbocycles. The maximum atomic E-state index is 10.8. The molecule has 134 valence electrons. The molecule has 0 fully saturated rings. The van der Waals surface area contributed by atoms with E-state index in [0.717, 1.165) is 6.42 Å². The molecule has 2 heteroatoms. The second kappa shape index (κ2) is 11.5. The molecular formula is C23H30O2. The second-order valence-corrected chi connectivity index (χ2v) is 6.77. The SMILES string of the molecule is O=C(O)CCc1ccccc1CCCCCCCCc1ccccc1. The van der Waals surface area contributed by atoms with E-state index < -0.39 is 5.97 Å². The maximum absolute atomic E-state index is 10.8. The summed E-state index contributed by atoms with van der Waals surface area (Å²) in [4.78, 5) is 10.8. The van der Waals surface area contributed by atoms with Crippen molar-refractivity contribution in [2.24, 2.45) is 0 Å². The molecule has 0 spiro atoms. The predicted octanol–water partition coefficient (Wildman–Crippen LogP) is 5.83. The van der Waals surface area contributed by atoms with Crippen LogP contribution in [0.5, 0.6) is 0 Å². The molecule has 0 atom stereocenters. The zero-order valence-electron chi connectivity index (χ0n) is 15.1. The maximum Gasteiger partial charge on any atom is 0.303 e. The molecule has 0 saturated carbocycles. The molecule has 2 aromatic rings. The van der Waals surface area contributed by atoms with Crippen LogP contribution in [-0.4, -0.2) is 11.1 Å². The second-order valence-electron chi connectivity index (χ2n) is 6.77. The van der Waals surface area contributed by atoms with E-state index in [-0.39, 0.29) is 6.42 Å². The Kier molecular flexibility index (Phi) is 8.82. The van der Waals surface area contributed by atoms with Crippen molar-refractivity contribution in [1.29, 1.82) is 0 Å². The zero-order chi connectivity index (χ0) is 17.7. The fourth-order valence-electron chi connectivity index (χ4n) is 3.28. The van der Waals surface area contributed by atoms with Crippen molar-refractivity contribution in [2.45, 2.75) is 64.2 Å². The van der Waals surface area contributed by atoms with Crippen LogP contribution in [0.4, 0.5) is 0 Å². The van der Waals surface area contributed by atoms with Gasteiger partial charge in [0.05, 0.1) is 0 Å². The first kappa shape index (κ1) is 19.2. The zero-order valence-corrected chi connectivity index (χ0v) is 15.1. The number of hydrogen-bond acceptors (Lipinski definition) is 1. The molecule has 1 N–H and O–H groups in total. The average Bonchev–Trinajstić information content (AvgIpc) is 2.63. The van der Waals surface area contributed by atoms with Gasteiger partial charge < -0.3 is 5.11 Å². The lowest BCUT2D eigenvalue weighted by Crippen LogP contribution is -2.00. The predicted molar refractivity (Wildman–Crippen MR) is 104 cm³/mol. The lowest BCUT2D eigenvalue weighted by molar-refractivity contribution is -0.136. The van der Waals surface area contributed by atoms with Crippen LogP contribution in [0, 0.1) is 0 Å². The van der Waals surface area contributed by atoms with E-state index in [1.54, 1.807) is 0 Å². The van der Waals surface area contributed by atoms with Crippen molar-refractivity contribution in [3.8, 4) is 0 Å². The van der Waals surface area contributed by atoms with Gasteiger partial charge >= 0.3 is 5.97 Å². The molecule has 2 aromatic carbocycles. The highest BCUT2D eigenvalue weighted by atomic mass is 16.4. The summed E-state index contributed by atoms with van der Waals surface area (Å²) in [6.45, 7) is 0. The van der Waals surface area contributed by atoms with Crippen LogP contribution >= 0.6 is 0 Å². The van der Waals surface area contributed by atoms with Gasteiger partial charge in [0.2, 0.25) is 0 Å². The molecule has 0 aromatic heterocycles. The molecule has 0 heterocycles. The van der Waals surface area contributed by atoms with Crippen molar-refractivity contribution in [3.63, 3.8) is 0 Å². The van der Waals surface area contributed by atoms with Crippen molar-refractivity contribution < 1.29 is 9.90 Å². The lowest BCUT2D eigenvalue weighted by Gasteiger charge is -2.08. The van der Waals surface area contributed by atoms with Gasteiger partial charge in [0.25, 0.3) is 0 Å². The van der Waals surface area contributed by atoms with Crippen LogP contribution in [0.1, 0.15) is 61.6 Å². The highest BCUT2D eigenvalue weighted by Crippen LogP contribution is 2.16. The van der Waals surface area contributed by atoms with Crippen LogP contribution in [0.25, 0.3) is 0 Å². The Morgan fingerprint density at radius 2 is 1.16 bits per heavy atom. The Hall–Kier alpha value is -2.09. The van der Waals surface area contributed by atoms with Gasteiger partial charge in [-0.25, -0.2) is 0 Å². The van der Waals surface area contributed by atoms with E-state index in [4.69, 9.17) is 5.11 Å². The Morgan fingerprint density at radius 3 is 1.80 bits per heavy atom. The fourth-order valence-corrected chi connectivity index (χ4v) is 3.28. The smallest absolute Gasteiger partial charge is 0.303 e. The van der Waals surface area contributed by atoms with E-state index in [0.29, 0.717) is 6.42 Å². The van der Waals surface area contributed by atoms with E-state index in [9.17, 15) is 4.79 Å². The Labute approximate surface area is 151 Å². The molecule has 0 radical (unpaired) electrons. The topological polar surface area (TPSA) is 37.3 Å². The summed E-state index contributed by atoms with van der Waals surface area (Å²) in [5.74, 6) is -0.717. The third kappa shape index (κ3) is 8.02. The highest BCUT2D eigenvalue weighted by molar-refractivity contribution is 5.67. The van der Waals surface area contributed by atoms with Crippen molar-refractivity contribution >= 4 is 5.97 Å². The van der Waals surface area contributed by atoms with Crippen LogP contribution in [-0.2, 0) is 24.1 Å². The van der Waals surface area contributed by atoms with Crippen LogP contribution < -0.4 is 0 Å². The van der Waals surface area contributed by atoms with E-state index in [2.05, 4.69) is 48.5 Å². The molecule has 0 aliphatic heterocycles. The molecule has 0 aliphatic rings. The standard InChI is InChI=1S/C23H30O2/c24-23(25)19-18-22-17-11-10-16-21(22)15-9-4-2-1-3-6-12-20-13-7-5-8-14-20/h5,7-8,10-11,13-14,16-17H,1-4,6,9,12,15,18-19H2,(H,24,25). The number of carboxylic acids is 1. The summed E-state index contributed by atoms with van der Waals surface area (Å²) >= 11 is 0. The number of rotatable bonds is 12. The minimum absolute atomic E-state index is 0.221. The van der Waals surface area contributed by atoms with E-state index in [1.807, 2.05) is 6.07 Å². The summed E-state index contributed by atoms with van der Waals surface area (Å²) < 4.78 is 0. The normalized spacial score (nSPS) is 10.7. The third-order valence-electron chi connectivity index (χ3n) is 4.73. The quantitative estimate of drug-likeness (QED) is 0.494. The van der Waals surface area contributed by atoms with Gasteiger partial charge in [0, 0.05) is 6.42 Å². The minimum Gasteiger partial charge on any atom is -0.481 e. The van der Waals surface area contributed by atoms with Crippen LogP contribution in [0.3, 0.4) is 0 Å². The molecule has 2 rings (SSSR count). The van der Waals surface area contributed by atoms with Crippen molar-refractivity contribution in [3.05, 3.63) is 71.3 Å². The van der Waals surface area contributed by atoms with E-state index in [1.165, 1.54) is 61.6 Å². The monoisotopic (exact) mass is 338 g/mol. The molecule has 0 saturated heterocycles.